The predicted molar refractivity (Wildman–Crippen MR) is 51.2 cm³/mol. The Bertz CT molecular complexity index is 236. The van der Waals surface area contributed by atoms with Gasteiger partial charge in [-0.2, -0.15) is 0 Å². The molecule has 0 aromatic heterocycles. The maximum absolute atomic E-state index is 10.7. The first-order chi connectivity index (χ1) is 6.97. The van der Waals surface area contributed by atoms with Crippen LogP contribution in [0.3, 0.4) is 0 Å². The molecule has 0 spiro atoms. The van der Waals surface area contributed by atoms with Crippen LogP contribution in [-0.4, -0.2) is 69.1 Å². The molecular formula is C8H17NO7. The van der Waals surface area contributed by atoms with E-state index < -0.39 is 43.2 Å². The summed E-state index contributed by atoms with van der Waals surface area (Å²) in [5, 5.41) is 39.4. The third kappa shape index (κ3) is 3.11. The second kappa shape index (κ2) is 6.09. The zero-order valence-corrected chi connectivity index (χ0v) is 8.70. The van der Waals surface area contributed by atoms with E-state index in [0.29, 0.717) is 0 Å². The van der Waals surface area contributed by atoms with Crippen LogP contribution in [0.4, 0.5) is 0 Å². The normalized spacial score (nSPS) is 38.7. The summed E-state index contributed by atoms with van der Waals surface area (Å²) in [5.74, 6) is -0.462. The van der Waals surface area contributed by atoms with Crippen LogP contribution in [0.15, 0.2) is 0 Å². The molecule has 0 aromatic carbocycles. The number of hydrogen-bond acceptors (Lipinski definition) is 6. The number of carbonyl (C=O) groups excluding carboxylic acids is 1. The quantitative estimate of drug-likeness (QED) is 0.332. The van der Waals surface area contributed by atoms with E-state index in [2.05, 4.69) is 5.32 Å². The highest BCUT2D eigenvalue weighted by molar-refractivity contribution is 5.73. The minimum Gasteiger partial charge on any atom is -0.412 e. The molecule has 1 amide bonds. The van der Waals surface area contributed by atoms with Crippen molar-refractivity contribution < 1.29 is 35.4 Å². The fourth-order valence-electron chi connectivity index (χ4n) is 1.49. The molecule has 5 atom stereocenters. The largest absolute Gasteiger partial charge is 0.412 e. The van der Waals surface area contributed by atoms with Gasteiger partial charge in [0, 0.05) is 6.92 Å². The van der Waals surface area contributed by atoms with Crippen molar-refractivity contribution >= 4 is 5.91 Å². The summed E-state index contributed by atoms with van der Waals surface area (Å²) >= 11 is 0. The van der Waals surface area contributed by atoms with E-state index in [1.165, 1.54) is 6.92 Å². The highest BCUT2D eigenvalue weighted by Gasteiger charge is 2.43. The van der Waals surface area contributed by atoms with Gasteiger partial charge in [-0.1, -0.05) is 0 Å². The third-order valence-corrected chi connectivity index (χ3v) is 2.27. The minimum absolute atomic E-state index is 0. The molecule has 0 bridgehead atoms. The van der Waals surface area contributed by atoms with Crippen molar-refractivity contribution in [3.05, 3.63) is 0 Å². The molecule has 7 N–H and O–H groups in total. The molecule has 1 rings (SSSR count). The van der Waals surface area contributed by atoms with Gasteiger partial charge in [0.25, 0.3) is 0 Å². The Hall–Kier alpha value is -0.770. The van der Waals surface area contributed by atoms with Gasteiger partial charge in [-0.3, -0.25) is 4.79 Å². The van der Waals surface area contributed by atoms with Crippen LogP contribution in [0.1, 0.15) is 6.92 Å². The van der Waals surface area contributed by atoms with Crippen LogP contribution in [0.25, 0.3) is 0 Å². The number of hydrogen-bond donors (Lipinski definition) is 5. The first kappa shape index (κ1) is 15.2. The lowest BCUT2D eigenvalue weighted by Gasteiger charge is -2.40. The third-order valence-electron chi connectivity index (χ3n) is 2.27. The maximum Gasteiger partial charge on any atom is 0.217 e. The lowest BCUT2D eigenvalue weighted by Crippen LogP contribution is -2.63. The summed E-state index contributed by atoms with van der Waals surface area (Å²) in [6, 6.07) is -1.10. The Labute approximate surface area is 91.8 Å². The molecule has 1 aliphatic rings. The molecule has 8 nitrogen and oxygen atoms in total. The Balaban J connectivity index is 0.00000225. The van der Waals surface area contributed by atoms with E-state index in [9.17, 15) is 20.1 Å². The van der Waals surface area contributed by atoms with Crippen molar-refractivity contribution in [2.24, 2.45) is 0 Å². The first-order valence-corrected chi connectivity index (χ1v) is 4.55. The van der Waals surface area contributed by atoms with Crippen LogP contribution in [0, 0.1) is 0 Å². The number of ether oxygens (including phenoxy) is 1. The van der Waals surface area contributed by atoms with E-state index in [4.69, 9.17) is 9.84 Å². The average Bonchev–Trinajstić information content (AvgIpc) is 2.18. The zero-order valence-electron chi connectivity index (χ0n) is 8.70. The number of aliphatic hydroxyl groups excluding tert-OH is 4. The van der Waals surface area contributed by atoms with Crippen molar-refractivity contribution in [3.8, 4) is 0 Å². The zero-order chi connectivity index (χ0) is 11.6. The smallest absolute Gasteiger partial charge is 0.217 e. The molecule has 0 radical (unpaired) electrons. The van der Waals surface area contributed by atoms with Crippen LogP contribution in [-0.2, 0) is 9.53 Å². The highest BCUT2D eigenvalue weighted by Crippen LogP contribution is 2.19. The van der Waals surface area contributed by atoms with Crippen molar-refractivity contribution in [2.45, 2.75) is 37.6 Å². The molecule has 0 saturated carbocycles. The Morgan fingerprint density at radius 1 is 1.31 bits per heavy atom. The highest BCUT2D eigenvalue weighted by atomic mass is 16.6. The van der Waals surface area contributed by atoms with Gasteiger partial charge in [0.15, 0.2) is 6.29 Å². The Morgan fingerprint density at radius 3 is 2.31 bits per heavy atom. The molecule has 1 fully saturated rings. The second-order valence-electron chi connectivity index (χ2n) is 3.46. The standard InChI is InChI=1S/C8H15NO6.H2O/c1-3(11)9-5-7(13)6(12)4(2-10)15-8(5)14;/h4-8,10,12-14H,2H2,1H3,(H,9,11);1H2/t4-,5-,6+,7-,8-;/m1./s1. The molecular weight excluding hydrogens is 222 g/mol. The van der Waals surface area contributed by atoms with Crippen molar-refractivity contribution in [1.82, 2.24) is 5.32 Å². The molecule has 1 saturated heterocycles. The van der Waals surface area contributed by atoms with Gasteiger partial charge >= 0.3 is 0 Å². The van der Waals surface area contributed by atoms with Gasteiger partial charge in [-0.05, 0) is 0 Å². The average molecular weight is 239 g/mol. The van der Waals surface area contributed by atoms with Crippen LogP contribution in [0.5, 0.6) is 0 Å². The van der Waals surface area contributed by atoms with Gasteiger partial charge in [-0.15, -0.1) is 0 Å². The van der Waals surface area contributed by atoms with Gasteiger partial charge in [-0.25, -0.2) is 0 Å². The fraction of sp³-hybridized carbons (Fsp3) is 0.875. The van der Waals surface area contributed by atoms with Crippen molar-refractivity contribution in [2.75, 3.05) is 6.61 Å². The second-order valence-corrected chi connectivity index (χ2v) is 3.46. The molecule has 0 unspecified atom stereocenters. The molecule has 96 valence electrons. The van der Waals surface area contributed by atoms with Crippen LogP contribution in [0.2, 0.25) is 0 Å². The number of aliphatic hydroxyl groups is 4. The monoisotopic (exact) mass is 239 g/mol. The van der Waals surface area contributed by atoms with Crippen molar-refractivity contribution in [3.63, 3.8) is 0 Å². The van der Waals surface area contributed by atoms with Crippen molar-refractivity contribution in [1.29, 1.82) is 0 Å². The number of rotatable bonds is 2. The van der Waals surface area contributed by atoms with Crippen LogP contribution < -0.4 is 5.32 Å². The summed E-state index contributed by atoms with van der Waals surface area (Å²) in [6.45, 7) is 0.687. The summed E-state index contributed by atoms with van der Waals surface area (Å²) in [6.07, 6.45) is -5.24. The number of amides is 1. The molecule has 8 heteroatoms. The molecule has 1 heterocycles. The Morgan fingerprint density at radius 2 is 1.88 bits per heavy atom. The molecule has 16 heavy (non-hydrogen) atoms. The van der Waals surface area contributed by atoms with E-state index in [0.717, 1.165) is 0 Å². The lowest BCUT2D eigenvalue weighted by molar-refractivity contribution is -0.253. The fourth-order valence-corrected chi connectivity index (χ4v) is 1.49. The summed E-state index contributed by atoms with van der Waals surface area (Å²) in [4.78, 5) is 10.7. The van der Waals surface area contributed by atoms with Gasteiger partial charge in [0.2, 0.25) is 5.91 Å². The molecule has 0 aromatic rings. The van der Waals surface area contributed by atoms with E-state index in [-0.39, 0.29) is 5.48 Å². The summed E-state index contributed by atoms with van der Waals surface area (Å²) < 4.78 is 4.81. The summed E-state index contributed by atoms with van der Waals surface area (Å²) in [7, 11) is 0. The van der Waals surface area contributed by atoms with Gasteiger partial charge in [0.1, 0.15) is 24.4 Å². The van der Waals surface area contributed by atoms with E-state index in [1.807, 2.05) is 0 Å². The first-order valence-electron chi connectivity index (χ1n) is 4.55. The van der Waals surface area contributed by atoms with E-state index in [1.54, 1.807) is 0 Å². The summed E-state index contributed by atoms with van der Waals surface area (Å²) in [5.41, 5.74) is 0. The number of carbonyl (C=O) groups is 1. The minimum atomic E-state index is -1.45. The number of nitrogens with one attached hydrogen (secondary N) is 1. The van der Waals surface area contributed by atoms with Crippen LogP contribution >= 0.6 is 0 Å². The SMILES string of the molecule is CC(=O)N[C@@H]1[C@@H](O)[C@@H](O)[C@@H](CO)O[C@H]1O.O. The molecule has 0 aliphatic carbocycles. The maximum atomic E-state index is 10.7. The lowest BCUT2D eigenvalue weighted by atomic mass is 9.97. The topological polar surface area (TPSA) is 151 Å². The van der Waals surface area contributed by atoms with Gasteiger partial charge < -0.3 is 36.0 Å². The molecule has 1 aliphatic heterocycles. The van der Waals surface area contributed by atoms with Gasteiger partial charge in [0.05, 0.1) is 6.61 Å². The Kier molecular flexibility index (Phi) is 5.79. The predicted octanol–water partition coefficient (Wildman–Crippen LogP) is -3.90. The van der Waals surface area contributed by atoms with E-state index >= 15 is 0 Å².